The number of aromatic amines is 1. The zero-order valence-corrected chi connectivity index (χ0v) is 27.5. The van der Waals surface area contributed by atoms with Gasteiger partial charge in [-0.25, -0.2) is 9.37 Å². The lowest BCUT2D eigenvalue weighted by molar-refractivity contribution is 0.0776. The third-order valence-corrected chi connectivity index (χ3v) is 11.3. The van der Waals surface area contributed by atoms with Gasteiger partial charge in [0.1, 0.15) is 17.4 Å². The number of nitrogens with one attached hydrogen (secondary N) is 2. The number of benzene rings is 2. The van der Waals surface area contributed by atoms with Crippen molar-refractivity contribution in [1.82, 2.24) is 20.0 Å². The highest BCUT2D eigenvalue weighted by Crippen LogP contribution is 2.51. The summed E-state index contributed by atoms with van der Waals surface area (Å²) in [5.74, 6) is 1.67. The summed E-state index contributed by atoms with van der Waals surface area (Å²) in [4.78, 5) is 39.4. The van der Waals surface area contributed by atoms with E-state index in [9.17, 15) is 14.0 Å². The molecule has 49 heavy (non-hydrogen) atoms. The van der Waals surface area contributed by atoms with Crippen molar-refractivity contribution in [2.75, 3.05) is 19.0 Å². The first kappa shape index (κ1) is 29.8. The minimum absolute atomic E-state index is 0.0466. The zero-order valence-electron chi connectivity index (χ0n) is 26.7. The highest BCUT2D eigenvalue weighted by atomic mass is 32.1. The van der Waals surface area contributed by atoms with Gasteiger partial charge in [0.05, 0.1) is 52.5 Å². The van der Waals surface area contributed by atoms with E-state index in [4.69, 9.17) is 19.2 Å². The number of hydrogen-bond acceptors (Lipinski definition) is 8. The van der Waals surface area contributed by atoms with Crippen molar-refractivity contribution in [2.45, 2.75) is 50.6 Å². The molecule has 6 heterocycles. The first-order valence-electron chi connectivity index (χ1n) is 16.6. The van der Waals surface area contributed by atoms with Crippen LogP contribution in [0, 0.1) is 5.82 Å². The normalized spacial score (nSPS) is 17.8. The van der Waals surface area contributed by atoms with E-state index in [0.29, 0.717) is 36.3 Å². The Balaban J connectivity index is 1.20. The molecule has 1 fully saturated rings. The van der Waals surface area contributed by atoms with Crippen LogP contribution in [-0.2, 0) is 19.3 Å². The van der Waals surface area contributed by atoms with Gasteiger partial charge in [-0.05, 0) is 90.9 Å². The van der Waals surface area contributed by atoms with Crippen LogP contribution in [0.5, 0.6) is 5.75 Å². The number of hydrogen-bond donors (Lipinski definition) is 2. The van der Waals surface area contributed by atoms with Crippen molar-refractivity contribution in [3.05, 3.63) is 117 Å². The number of rotatable bonds is 8. The first-order chi connectivity index (χ1) is 24.0. The lowest BCUT2D eigenvalue weighted by Gasteiger charge is -2.17. The predicted molar refractivity (Wildman–Crippen MR) is 186 cm³/mol. The van der Waals surface area contributed by atoms with Crippen molar-refractivity contribution in [1.29, 1.82) is 0 Å². The van der Waals surface area contributed by atoms with E-state index in [1.165, 1.54) is 29.3 Å². The molecule has 4 aromatic heterocycles. The van der Waals surface area contributed by atoms with Gasteiger partial charge in [-0.1, -0.05) is 24.3 Å². The van der Waals surface area contributed by atoms with Crippen molar-refractivity contribution >= 4 is 33.1 Å². The number of aromatic nitrogens is 3. The molecule has 2 N–H and O–H groups in total. The van der Waals surface area contributed by atoms with Gasteiger partial charge in [-0.3, -0.25) is 14.6 Å². The van der Waals surface area contributed by atoms with Crippen LogP contribution < -0.4 is 15.6 Å². The predicted octanol–water partition coefficient (Wildman–Crippen LogP) is 7.63. The van der Waals surface area contributed by atoms with Crippen LogP contribution in [0.25, 0.3) is 31.9 Å². The van der Waals surface area contributed by atoms with Gasteiger partial charge in [-0.2, -0.15) is 5.16 Å². The third-order valence-electron chi connectivity index (χ3n) is 10.1. The van der Waals surface area contributed by atoms with E-state index in [1.807, 2.05) is 23.1 Å². The Hall–Kier alpha value is -5.29. The number of ether oxygens (including phenoxy) is 1. The monoisotopic (exact) mass is 673 g/mol. The second-order valence-electron chi connectivity index (χ2n) is 12.9. The summed E-state index contributed by atoms with van der Waals surface area (Å²) in [5.41, 5.74) is 6.44. The van der Waals surface area contributed by atoms with Crippen molar-refractivity contribution in [3.8, 4) is 27.5 Å². The van der Waals surface area contributed by atoms with E-state index in [1.54, 1.807) is 36.8 Å². The van der Waals surface area contributed by atoms with E-state index in [0.717, 1.165) is 74.7 Å². The Kier molecular flexibility index (Phi) is 7.12. The largest absolute Gasteiger partial charge is 0.496 e. The van der Waals surface area contributed by atoms with Gasteiger partial charge < -0.3 is 19.5 Å². The second-order valence-corrected chi connectivity index (χ2v) is 13.9. The second kappa shape index (κ2) is 11.7. The van der Waals surface area contributed by atoms with Crippen LogP contribution in [0.1, 0.15) is 69.8 Å². The van der Waals surface area contributed by atoms with E-state index < -0.39 is 0 Å². The maximum Gasteiger partial charge on any atom is 0.280 e. The fraction of sp³-hybridized carbons (Fsp3) is 0.263. The highest BCUT2D eigenvalue weighted by molar-refractivity contribution is 7.23. The van der Waals surface area contributed by atoms with Gasteiger partial charge in [0.25, 0.3) is 11.5 Å². The number of anilines is 1. The molecule has 11 heteroatoms. The molecular weight excluding hydrogens is 642 g/mol. The minimum Gasteiger partial charge on any atom is -0.496 e. The average Bonchev–Trinajstić information content (AvgIpc) is 3.95. The van der Waals surface area contributed by atoms with Crippen molar-refractivity contribution in [3.63, 3.8) is 0 Å². The number of thiophene rings is 1. The fourth-order valence-corrected chi connectivity index (χ4v) is 9.05. The summed E-state index contributed by atoms with van der Waals surface area (Å²) in [6.45, 7) is 0.677. The summed E-state index contributed by atoms with van der Waals surface area (Å²) in [5, 5.41) is 7.15. The number of pyridine rings is 2. The molecule has 1 aliphatic carbocycles. The summed E-state index contributed by atoms with van der Waals surface area (Å²) in [7, 11) is 1.71. The van der Waals surface area contributed by atoms with Gasteiger partial charge in [0.15, 0.2) is 5.76 Å². The van der Waals surface area contributed by atoms with Crippen LogP contribution in [0.15, 0.2) is 76.2 Å². The molecule has 2 aliphatic heterocycles. The molecule has 9 rings (SSSR count). The molecule has 1 saturated heterocycles. The number of aryl methyl sites for hydroxylation is 2. The molecule has 0 spiro atoms. The standard InChI is InChI=1S/C38H32FN5O4S/c1-47-28-6-2-4-23-24(28)12-14-25(23)42-37-36-21(15-16-40-37)18-30(49-36)33-32(29-19-31(45)43-48-29)26(13-9-20-7-10-22(39)11-8-20)41-35-27-5-3-17-44(27)38(46)34(33)35/h2,4,6-8,10-11,15-16,18-19,25,27H,3,5,9,12-14,17H2,1H3,(H,40,42)(H,43,45)/t25-,27-/m0/s1. The summed E-state index contributed by atoms with van der Waals surface area (Å²) < 4.78 is 26.1. The number of carbonyl (C=O) groups is 1. The van der Waals surface area contributed by atoms with Crippen LogP contribution in [0.4, 0.5) is 10.2 Å². The molecule has 0 radical (unpaired) electrons. The number of halogens is 1. The lowest BCUT2D eigenvalue weighted by Crippen LogP contribution is -2.22. The Morgan fingerprint density at radius 3 is 2.76 bits per heavy atom. The van der Waals surface area contributed by atoms with Crippen molar-refractivity contribution in [2.24, 2.45) is 0 Å². The van der Waals surface area contributed by atoms with Crippen LogP contribution in [-0.4, -0.2) is 39.6 Å². The molecular formula is C38H32FN5O4S. The molecule has 3 aliphatic rings. The fourth-order valence-electron chi connectivity index (χ4n) is 7.88. The Morgan fingerprint density at radius 2 is 1.94 bits per heavy atom. The molecule has 0 bridgehead atoms. The van der Waals surface area contributed by atoms with Crippen LogP contribution in [0.3, 0.4) is 0 Å². The maximum absolute atomic E-state index is 14.2. The van der Waals surface area contributed by atoms with Gasteiger partial charge in [-0.15, -0.1) is 11.3 Å². The van der Waals surface area contributed by atoms with E-state index in [-0.39, 0.29) is 29.4 Å². The summed E-state index contributed by atoms with van der Waals surface area (Å²) in [6.07, 6.45) is 6.50. The average molecular weight is 674 g/mol. The molecule has 2 atom stereocenters. The molecule has 2 aromatic carbocycles. The maximum atomic E-state index is 14.2. The molecule has 6 aromatic rings. The smallest absolute Gasteiger partial charge is 0.280 e. The Morgan fingerprint density at radius 1 is 1.06 bits per heavy atom. The highest BCUT2D eigenvalue weighted by Gasteiger charge is 2.44. The number of nitrogens with zero attached hydrogens (tertiary/aromatic N) is 3. The minimum atomic E-state index is -0.376. The first-order valence-corrected chi connectivity index (χ1v) is 17.4. The van der Waals surface area contributed by atoms with Crippen LogP contribution in [0.2, 0.25) is 0 Å². The molecule has 1 amide bonds. The summed E-state index contributed by atoms with van der Waals surface area (Å²) >= 11 is 1.57. The van der Waals surface area contributed by atoms with Gasteiger partial charge >= 0.3 is 0 Å². The number of fused-ring (bicyclic) bond motifs is 5. The Labute approximate surface area is 284 Å². The third kappa shape index (κ3) is 4.94. The summed E-state index contributed by atoms with van der Waals surface area (Å²) in [6, 6.07) is 18.1. The van der Waals surface area contributed by atoms with E-state index in [2.05, 4.69) is 22.6 Å². The number of H-pyrrole nitrogens is 1. The number of methoxy groups -OCH3 is 1. The molecule has 9 nitrogen and oxygen atoms in total. The Bertz CT molecular complexity index is 2330. The van der Waals surface area contributed by atoms with Crippen LogP contribution >= 0.6 is 11.3 Å². The molecule has 0 saturated carbocycles. The number of carbonyl (C=O) groups excluding carboxylic acids is 1. The SMILES string of the molecule is COc1cccc2c1CC[C@@H]2Nc1nccc2cc(-c3c4c(nc(CCc5ccc(F)cc5)c3-c3cc(=O)[nH]o3)[C@@H]3CCCN3C4=O)sc12. The molecule has 246 valence electrons. The topological polar surface area (TPSA) is 113 Å². The van der Waals surface area contributed by atoms with E-state index >= 15 is 0 Å². The van der Waals surface area contributed by atoms with Gasteiger partial charge in [0, 0.05) is 23.2 Å². The zero-order chi connectivity index (χ0) is 33.2. The lowest BCUT2D eigenvalue weighted by atomic mass is 9.92. The van der Waals surface area contributed by atoms with Gasteiger partial charge in [0.2, 0.25) is 0 Å². The van der Waals surface area contributed by atoms with Crippen molar-refractivity contribution < 1.29 is 18.4 Å². The molecule has 0 unspecified atom stereocenters. The quantitative estimate of drug-likeness (QED) is 0.171. The number of amides is 1.